The molecular formula is C15H14O2. The van der Waals surface area contributed by atoms with Crippen LogP contribution >= 0.6 is 0 Å². The second-order valence-electron chi connectivity index (χ2n) is 3.89. The number of hydrogen-bond donors (Lipinski definition) is 2. The van der Waals surface area contributed by atoms with Gasteiger partial charge in [0.1, 0.15) is 11.5 Å². The zero-order valence-corrected chi connectivity index (χ0v) is 9.59. The predicted molar refractivity (Wildman–Crippen MR) is 69.9 cm³/mol. The van der Waals surface area contributed by atoms with Crippen molar-refractivity contribution < 1.29 is 10.2 Å². The molecule has 2 nitrogen and oxygen atoms in total. The maximum Gasteiger partial charge on any atom is 0.123 e. The average Bonchev–Trinajstić information content (AvgIpc) is 2.35. The Kier molecular flexibility index (Phi) is 3.15. The monoisotopic (exact) mass is 226 g/mol. The van der Waals surface area contributed by atoms with Crippen molar-refractivity contribution in [1.82, 2.24) is 0 Å². The van der Waals surface area contributed by atoms with Crippen LogP contribution in [0.3, 0.4) is 0 Å². The van der Waals surface area contributed by atoms with Crippen LogP contribution in [0.1, 0.15) is 16.7 Å². The maximum absolute atomic E-state index is 9.73. The highest BCUT2D eigenvalue weighted by Gasteiger charge is 2.05. The van der Waals surface area contributed by atoms with Crippen LogP contribution in [0.4, 0.5) is 0 Å². The van der Waals surface area contributed by atoms with E-state index >= 15 is 0 Å². The lowest BCUT2D eigenvalue weighted by atomic mass is 10.0. The van der Waals surface area contributed by atoms with E-state index in [0.29, 0.717) is 11.1 Å². The van der Waals surface area contributed by atoms with Gasteiger partial charge >= 0.3 is 0 Å². The minimum atomic E-state index is 0.174. The molecule has 0 amide bonds. The van der Waals surface area contributed by atoms with Crippen LogP contribution in [0.25, 0.3) is 12.2 Å². The van der Waals surface area contributed by atoms with Crippen LogP contribution < -0.4 is 0 Å². The molecule has 0 unspecified atom stereocenters. The average molecular weight is 226 g/mol. The molecule has 0 aliphatic rings. The second-order valence-corrected chi connectivity index (χ2v) is 3.89. The molecular weight excluding hydrogens is 212 g/mol. The number of aromatic hydroxyl groups is 2. The highest BCUT2D eigenvalue weighted by atomic mass is 16.3. The van der Waals surface area contributed by atoms with Gasteiger partial charge in [-0.2, -0.15) is 0 Å². The molecule has 0 spiro atoms. The summed E-state index contributed by atoms with van der Waals surface area (Å²) in [7, 11) is 0. The van der Waals surface area contributed by atoms with Crippen LogP contribution in [-0.4, -0.2) is 10.2 Å². The van der Waals surface area contributed by atoms with Crippen molar-refractivity contribution in [1.29, 1.82) is 0 Å². The number of phenolic OH excluding ortho intramolecular Hbond substituents is 2. The Morgan fingerprint density at radius 2 is 1.47 bits per heavy atom. The van der Waals surface area contributed by atoms with Crippen molar-refractivity contribution in [2.75, 3.05) is 0 Å². The highest BCUT2D eigenvalue weighted by Crippen LogP contribution is 2.29. The Hall–Kier alpha value is -2.22. The van der Waals surface area contributed by atoms with Gasteiger partial charge in [-0.25, -0.2) is 0 Å². The molecule has 2 heteroatoms. The topological polar surface area (TPSA) is 40.5 Å². The fourth-order valence-electron chi connectivity index (χ4n) is 1.66. The van der Waals surface area contributed by atoms with Gasteiger partial charge < -0.3 is 10.2 Å². The van der Waals surface area contributed by atoms with Gasteiger partial charge in [0.25, 0.3) is 0 Å². The van der Waals surface area contributed by atoms with Gasteiger partial charge in [0.05, 0.1) is 0 Å². The molecule has 0 saturated heterocycles. The van der Waals surface area contributed by atoms with E-state index in [2.05, 4.69) is 0 Å². The van der Waals surface area contributed by atoms with Crippen LogP contribution in [-0.2, 0) is 0 Å². The smallest absolute Gasteiger partial charge is 0.123 e. The minimum absolute atomic E-state index is 0.174. The third-order valence-corrected chi connectivity index (χ3v) is 2.71. The van der Waals surface area contributed by atoms with E-state index in [1.54, 1.807) is 13.0 Å². The Morgan fingerprint density at radius 1 is 0.824 bits per heavy atom. The minimum Gasteiger partial charge on any atom is -0.508 e. The van der Waals surface area contributed by atoms with E-state index in [0.717, 1.165) is 5.56 Å². The van der Waals surface area contributed by atoms with Gasteiger partial charge in [0.15, 0.2) is 0 Å². The first-order valence-electron chi connectivity index (χ1n) is 5.43. The van der Waals surface area contributed by atoms with Crippen molar-refractivity contribution >= 4 is 12.2 Å². The van der Waals surface area contributed by atoms with Crippen molar-refractivity contribution in [2.24, 2.45) is 0 Å². The lowest BCUT2D eigenvalue weighted by Gasteiger charge is -2.05. The molecule has 0 aliphatic heterocycles. The van der Waals surface area contributed by atoms with Crippen LogP contribution in [0.15, 0.2) is 42.5 Å². The van der Waals surface area contributed by atoms with Gasteiger partial charge in [-0.15, -0.1) is 0 Å². The zero-order chi connectivity index (χ0) is 12.3. The zero-order valence-electron chi connectivity index (χ0n) is 9.59. The van der Waals surface area contributed by atoms with E-state index in [1.165, 1.54) is 12.1 Å². The number of phenols is 2. The van der Waals surface area contributed by atoms with E-state index < -0.39 is 0 Å². The molecule has 2 rings (SSSR count). The summed E-state index contributed by atoms with van der Waals surface area (Å²) in [5.74, 6) is 0.364. The fourth-order valence-corrected chi connectivity index (χ4v) is 1.66. The number of rotatable bonds is 2. The molecule has 17 heavy (non-hydrogen) atoms. The third-order valence-electron chi connectivity index (χ3n) is 2.71. The molecule has 0 atom stereocenters. The molecule has 0 bridgehead atoms. The van der Waals surface area contributed by atoms with Gasteiger partial charge in [-0.1, -0.05) is 42.5 Å². The van der Waals surface area contributed by atoms with E-state index in [4.69, 9.17) is 0 Å². The molecule has 0 radical (unpaired) electrons. The van der Waals surface area contributed by atoms with Gasteiger partial charge in [0, 0.05) is 11.1 Å². The molecule has 0 aliphatic carbocycles. The van der Waals surface area contributed by atoms with Gasteiger partial charge in [0.2, 0.25) is 0 Å². The Morgan fingerprint density at radius 3 is 2.18 bits per heavy atom. The summed E-state index contributed by atoms with van der Waals surface area (Å²) in [6.45, 7) is 1.78. The maximum atomic E-state index is 9.73. The molecule has 2 N–H and O–H groups in total. The standard InChI is InChI=1S/C15H14O2/c1-11-13(15(17)10-9-14(11)16)8-7-12-5-3-2-4-6-12/h2-10,16-17H,1H3. The summed E-state index contributed by atoms with van der Waals surface area (Å²) in [4.78, 5) is 0. The Bertz CT molecular complexity index is 542. The summed E-state index contributed by atoms with van der Waals surface area (Å²) in [6, 6.07) is 12.8. The molecule has 2 aromatic rings. The third kappa shape index (κ3) is 2.48. The van der Waals surface area contributed by atoms with Crippen LogP contribution in [0.5, 0.6) is 11.5 Å². The summed E-state index contributed by atoms with van der Waals surface area (Å²) in [6.07, 6.45) is 3.71. The van der Waals surface area contributed by atoms with Gasteiger partial charge in [-0.3, -0.25) is 0 Å². The first kappa shape index (κ1) is 11.3. The van der Waals surface area contributed by atoms with E-state index in [1.807, 2.05) is 36.4 Å². The molecule has 0 heterocycles. The Balaban J connectivity index is 2.37. The van der Waals surface area contributed by atoms with Crippen molar-refractivity contribution in [3.63, 3.8) is 0 Å². The normalized spacial score (nSPS) is 10.9. The first-order valence-corrected chi connectivity index (χ1v) is 5.43. The highest BCUT2D eigenvalue weighted by molar-refractivity contribution is 5.75. The van der Waals surface area contributed by atoms with Crippen LogP contribution in [0.2, 0.25) is 0 Å². The predicted octanol–water partition coefficient (Wildman–Crippen LogP) is 3.58. The van der Waals surface area contributed by atoms with Crippen LogP contribution in [0, 0.1) is 6.92 Å². The lowest BCUT2D eigenvalue weighted by Crippen LogP contribution is -1.82. The van der Waals surface area contributed by atoms with E-state index in [-0.39, 0.29) is 11.5 Å². The molecule has 0 fully saturated rings. The van der Waals surface area contributed by atoms with Crippen molar-refractivity contribution in [3.8, 4) is 11.5 Å². The number of benzene rings is 2. The quantitative estimate of drug-likeness (QED) is 0.607. The first-order chi connectivity index (χ1) is 8.18. The fraction of sp³-hybridized carbons (Fsp3) is 0.0667. The van der Waals surface area contributed by atoms with E-state index in [9.17, 15) is 10.2 Å². The summed E-state index contributed by atoms with van der Waals surface area (Å²) in [5, 5.41) is 19.3. The van der Waals surface area contributed by atoms with Crippen molar-refractivity contribution in [2.45, 2.75) is 6.92 Å². The van der Waals surface area contributed by atoms with Crippen molar-refractivity contribution in [3.05, 3.63) is 59.2 Å². The Labute approximate surface area is 100 Å². The summed E-state index contributed by atoms with van der Waals surface area (Å²) < 4.78 is 0. The molecule has 2 aromatic carbocycles. The lowest BCUT2D eigenvalue weighted by molar-refractivity contribution is 0.455. The summed E-state index contributed by atoms with van der Waals surface area (Å²) >= 11 is 0. The SMILES string of the molecule is Cc1c(O)ccc(O)c1C=Cc1ccccc1. The number of hydrogen-bond acceptors (Lipinski definition) is 2. The second kappa shape index (κ2) is 4.74. The largest absolute Gasteiger partial charge is 0.508 e. The molecule has 0 aromatic heterocycles. The molecule has 0 saturated carbocycles. The molecule has 86 valence electrons. The van der Waals surface area contributed by atoms with Gasteiger partial charge in [-0.05, 0) is 24.6 Å². The summed E-state index contributed by atoms with van der Waals surface area (Å²) in [5.41, 5.74) is 2.38.